The van der Waals surface area contributed by atoms with Crippen molar-refractivity contribution in [3.05, 3.63) is 18.8 Å². The summed E-state index contributed by atoms with van der Waals surface area (Å²) < 4.78 is 9.85. The number of esters is 1. The second kappa shape index (κ2) is 3.69. The minimum absolute atomic E-state index is 0.0387. The van der Waals surface area contributed by atoms with Gasteiger partial charge in [-0.3, -0.25) is 0 Å². The van der Waals surface area contributed by atoms with E-state index in [4.69, 9.17) is 14.3 Å². The molecule has 2 heterocycles. The van der Waals surface area contributed by atoms with E-state index in [-0.39, 0.29) is 17.9 Å². The Balaban J connectivity index is 1.99. The number of fused-ring (bicyclic) bond motifs is 1. The molecule has 2 radical (unpaired) electrons. The lowest BCUT2D eigenvalue weighted by Crippen LogP contribution is -2.35. The zero-order valence-electron chi connectivity index (χ0n) is 7.60. The molecule has 0 fully saturated rings. The molecule has 2 atom stereocenters. The van der Waals surface area contributed by atoms with E-state index in [9.17, 15) is 4.79 Å². The van der Waals surface area contributed by atoms with Crippen LogP contribution < -0.4 is 0 Å². The molecule has 14 heavy (non-hydrogen) atoms. The second-order valence-electron chi connectivity index (χ2n) is 2.76. The third kappa shape index (κ3) is 1.57. The van der Waals surface area contributed by atoms with Crippen molar-refractivity contribution in [2.24, 2.45) is 5.16 Å². The summed E-state index contributed by atoms with van der Waals surface area (Å²) in [6, 6.07) is 0. The minimum atomic E-state index is -0.540. The number of carbonyl (C=O) groups is 1. The predicted octanol–water partition coefficient (Wildman–Crippen LogP) is 0.298. The van der Waals surface area contributed by atoms with Crippen LogP contribution >= 0.6 is 0 Å². The topological polar surface area (TPSA) is 57.1 Å². The van der Waals surface area contributed by atoms with Gasteiger partial charge in [0.2, 0.25) is 0 Å². The first kappa shape index (κ1) is 9.05. The lowest BCUT2D eigenvalue weighted by molar-refractivity contribution is -0.135. The van der Waals surface area contributed by atoms with Crippen molar-refractivity contribution >= 4 is 11.7 Å². The Morgan fingerprint density at radius 1 is 1.79 bits per heavy atom. The largest absolute Gasteiger partial charge is 0.493 e. The zero-order valence-corrected chi connectivity index (χ0v) is 7.60. The fraction of sp³-hybridized carbons (Fsp3) is 0.444. The molecule has 0 aliphatic carbocycles. The van der Waals surface area contributed by atoms with Gasteiger partial charge in [-0.05, 0) is 13.0 Å². The molecule has 5 nitrogen and oxygen atoms in total. The van der Waals surface area contributed by atoms with Crippen LogP contribution in [0.1, 0.15) is 6.92 Å². The summed E-state index contributed by atoms with van der Waals surface area (Å²) in [4.78, 5) is 16.2. The number of carbonyl (C=O) groups excluding carboxylic acids is 1. The van der Waals surface area contributed by atoms with Crippen molar-refractivity contribution < 1.29 is 19.1 Å². The van der Waals surface area contributed by atoms with Crippen LogP contribution in [-0.2, 0) is 19.1 Å². The van der Waals surface area contributed by atoms with Gasteiger partial charge >= 0.3 is 5.97 Å². The van der Waals surface area contributed by atoms with E-state index in [1.807, 2.05) is 0 Å². The molecule has 2 rings (SSSR count). The number of hydrogen-bond acceptors (Lipinski definition) is 5. The minimum Gasteiger partial charge on any atom is -0.493 e. The number of hydrogen-bond donors (Lipinski definition) is 0. The van der Waals surface area contributed by atoms with Gasteiger partial charge in [0.05, 0.1) is 19.3 Å². The highest BCUT2D eigenvalue weighted by Crippen LogP contribution is 2.21. The molecule has 0 aromatic carbocycles. The van der Waals surface area contributed by atoms with E-state index in [0.29, 0.717) is 6.61 Å². The normalized spacial score (nSPS) is 28.5. The first-order chi connectivity index (χ1) is 6.81. The first-order valence-electron chi connectivity index (χ1n) is 4.31. The summed E-state index contributed by atoms with van der Waals surface area (Å²) in [5.41, 5.74) is 0.0387. The number of ether oxygens (including phenoxy) is 2. The van der Waals surface area contributed by atoms with Gasteiger partial charge in [-0.15, -0.1) is 0 Å². The maximum absolute atomic E-state index is 11.2. The summed E-state index contributed by atoms with van der Waals surface area (Å²) in [6.07, 6.45) is 5.33. The molecule has 0 amide bonds. The van der Waals surface area contributed by atoms with Gasteiger partial charge in [0.15, 0.2) is 17.9 Å². The van der Waals surface area contributed by atoms with E-state index in [1.54, 1.807) is 13.0 Å². The fourth-order valence-electron chi connectivity index (χ4n) is 1.16. The van der Waals surface area contributed by atoms with Crippen molar-refractivity contribution in [1.29, 1.82) is 0 Å². The molecule has 2 aliphatic heterocycles. The molecular formula is C9H9NO4. The van der Waals surface area contributed by atoms with Crippen molar-refractivity contribution in [2.75, 3.05) is 6.61 Å². The summed E-state index contributed by atoms with van der Waals surface area (Å²) in [5, 5.41) is 3.59. The maximum atomic E-state index is 11.2. The standard InChI is InChI=1S/C9H9NO4/c1-2-12-9(11)6-5-8-7(14-10-6)3-4-13-8/h3-4,7-8H,2H2,1H3. The Labute approximate surface area is 81.3 Å². The van der Waals surface area contributed by atoms with E-state index in [2.05, 4.69) is 11.6 Å². The molecule has 2 unspecified atom stereocenters. The molecule has 5 heteroatoms. The number of oxime groups is 1. The van der Waals surface area contributed by atoms with Crippen molar-refractivity contribution in [1.82, 2.24) is 0 Å². The Morgan fingerprint density at radius 3 is 3.43 bits per heavy atom. The van der Waals surface area contributed by atoms with Crippen molar-refractivity contribution in [3.63, 3.8) is 0 Å². The lowest BCUT2D eigenvalue weighted by atomic mass is 10.1. The molecule has 0 spiro atoms. The SMILES string of the molecule is CCOC(=O)C1=NOC2C=COC2[C]1. The third-order valence-corrected chi connectivity index (χ3v) is 1.81. The third-order valence-electron chi connectivity index (χ3n) is 1.81. The average molecular weight is 195 g/mol. The highest BCUT2D eigenvalue weighted by molar-refractivity contribution is 6.40. The quantitative estimate of drug-likeness (QED) is 0.594. The maximum Gasteiger partial charge on any atom is 0.356 e. The van der Waals surface area contributed by atoms with E-state index < -0.39 is 5.97 Å². The highest BCUT2D eigenvalue weighted by atomic mass is 16.7. The first-order valence-corrected chi connectivity index (χ1v) is 4.31. The van der Waals surface area contributed by atoms with E-state index >= 15 is 0 Å². The number of rotatable bonds is 2. The molecule has 0 N–H and O–H groups in total. The van der Waals surface area contributed by atoms with Crippen LogP contribution in [0.25, 0.3) is 0 Å². The zero-order chi connectivity index (χ0) is 9.97. The van der Waals surface area contributed by atoms with Gasteiger partial charge in [0, 0.05) is 0 Å². The molecule has 0 aromatic heterocycles. The molecule has 0 saturated carbocycles. The van der Waals surface area contributed by atoms with Crippen molar-refractivity contribution in [3.8, 4) is 0 Å². The van der Waals surface area contributed by atoms with Crippen LogP contribution in [-0.4, -0.2) is 30.5 Å². The van der Waals surface area contributed by atoms with Gasteiger partial charge in [-0.1, -0.05) is 5.16 Å². The Hall–Kier alpha value is -1.52. The van der Waals surface area contributed by atoms with E-state index in [0.717, 1.165) is 0 Å². The summed E-state index contributed by atoms with van der Waals surface area (Å²) >= 11 is 0. The van der Waals surface area contributed by atoms with Crippen LogP contribution in [0.3, 0.4) is 0 Å². The van der Waals surface area contributed by atoms with Crippen LogP contribution in [0.2, 0.25) is 0 Å². The van der Waals surface area contributed by atoms with Crippen LogP contribution in [0.4, 0.5) is 0 Å². The van der Waals surface area contributed by atoms with Crippen LogP contribution in [0.5, 0.6) is 0 Å². The fourth-order valence-corrected chi connectivity index (χ4v) is 1.16. The molecule has 74 valence electrons. The van der Waals surface area contributed by atoms with Gasteiger partial charge < -0.3 is 14.3 Å². The Kier molecular flexibility index (Phi) is 2.39. The second-order valence-corrected chi connectivity index (χ2v) is 2.76. The van der Waals surface area contributed by atoms with Gasteiger partial charge in [0.25, 0.3) is 0 Å². The monoisotopic (exact) mass is 195 g/mol. The molecule has 0 saturated heterocycles. The predicted molar refractivity (Wildman–Crippen MR) is 46.2 cm³/mol. The van der Waals surface area contributed by atoms with Crippen LogP contribution in [0.15, 0.2) is 17.5 Å². The van der Waals surface area contributed by atoms with Crippen molar-refractivity contribution in [2.45, 2.75) is 19.1 Å². The smallest absolute Gasteiger partial charge is 0.356 e. The lowest BCUT2D eigenvalue weighted by Gasteiger charge is -2.20. The van der Waals surface area contributed by atoms with Gasteiger partial charge in [-0.2, -0.15) is 0 Å². The Bertz CT molecular complexity index is 297. The molecule has 0 bridgehead atoms. The van der Waals surface area contributed by atoms with Gasteiger partial charge in [-0.25, -0.2) is 4.79 Å². The number of nitrogens with zero attached hydrogens (tertiary/aromatic N) is 1. The summed E-state index contributed by atoms with van der Waals surface area (Å²) in [6.45, 7) is 2.02. The summed E-state index contributed by atoms with van der Waals surface area (Å²) in [7, 11) is 0. The molecule has 0 aromatic rings. The molecule has 2 aliphatic rings. The van der Waals surface area contributed by atoms with Gasteiger partial charge in [0.1, 0.15) is 0 Å². The Morgan fingerprint density at radius 2 is 2.64 bits per heavy atom. The highest BCUT2D eigenvalue weighted by Gasteiger charge is 2.35. The molecular weight excluding hydrogens is 186 g/mol. The average Bonchev–Trinajstić information content (AvgIpc) is 2.64. The van der Waals surface area contributed by atoms with Crippen LogP contribution in [0, 0.1) is 6.42 Å². The summed E-state index contributed by atoms with van der Waals surface area (Å²) in [5.74, 6) is -0.540. The van der Waals surface area contributed by atoms with E-state index in [1.165, 1.54) is 6.26 Å².